The Morgan fingerprint density at radius 2 is 1.88 bits per heavy atom. The molecule has 0 atom stereocenters. The lowest BCUT2D eigenvalue weighted by molar-refractivity contribution is 0.0920. The molecule has 0 aliphatic carbocycles. The minimum atomic E-state index is -3.73. The van der Waals surface area contributed by atoms with Crippen LogP contribution in [0.4, 0.5) is 5.82 Å². The van der Waals surface area contributed by atoms with Crippen molar-refractivity contribution < 1.29 is 17.6 Å². The largest absolute Gasteiger partial charge is 0.438 e. The average molecular weight is 483 g/mol. The molecule has 3 heterocycles. The SMILES string of the molecule is N#Cc1c(CCCNC(=O)c2ccc(S(=O)(=O)N3CCCCC3)o2)nn(-c2ccccc2)c1N. The van der Waals surface area contributed by atoms with Gasteiger partial charge < -0.3 is 15.5 Å². The zero-order chi connectivity index (χ0) is 24.1. The van der Waals surface area contributed by atoms with E-state index in [0.29, 0.717) is 37.2 Å². The van der Waals surface area contributed by atoms with Gasteiger partial charge >= 0.3 is 0 Å². The zero-order valence-corrected chi connectivity index (χ0v) is 19.4. The molecule has 3 N–H and O–H groups in total. The topological polar surface area (TPSA) is 147 Å². The third-order valence-electron chi connectivity index (χ3n) is 5.70. The molecule has 0 unspecified atom stereocenters. The first kappa shape index (κ1) is 23.5. The van der Waals surface area contributed by atoms with E-state index in [4.69, 9.17) is 10.2 Å². The second kappa shape index (κ2) is 10.1. The Bertz CT molecular complexity index is 1300. The molecule has 178 valence electrons. The number of anilines is 1. The number of para-hydroxylation sites is 1. The number of furan rings is 1. The Hall–Kier alpha value is -3.62. The van der Waals surface area contributed by atoms with Crippen molar-refractivity contribution in [2.75, 3.05) is 25.4 Å². The van der Waals surface area contributed by atoms with Crippen molar-refractivity contribution in [1.82, 2.24) is 19.4 Å². The Balaban J connectivity index is 1.34. The third-order valence-corrected chi connectivity index (χ3v) is 7.47. The Morgan fingerprint density at radius 1 is 1.15 bits per heavy atom. The van der Waals surface area contributed by atoms with E-state index in [-0.39, 0.29) is 23.2 Å². The van der Waals surface area contributed by atoms with Gasteiger partial charge in [0.05, 0.1) is 11.4 Å². The van der Waals surface area contributed by atoms with Crippen LogP contribution < -0.4 is 11.1 Å². The summed E-state index contributed by atoms with van der Waals surface area (Å²) in [4.78, 5) is 12.4. The van der Waals surface area contributed by atoms with Crippen molar-refractivity contribution in [3.05, 3.63) is 59.5 Å². The number of aryl methyl sites for hydroxylation is 1. The molecule has 0 saturated carbocycles. The number of nitrogens with zero attached hydrogens (tertiary/aromatic N) is 4. The summed E-state index contributed by atoms with van der Waals surface area (Å²) in [6.07, 6.45) is 3.57. The zero-order valence-electron chi connectivity index (χ0n) is 18.6. The highest BCUT2D eigenvalue weighted by Crippen LogP contribution is 2.23. The molecule has 10 nitrogen and oxygen atoms in total. The summed E-state index contributed by atoms with van der Waals surface area (Å²) in [5.41, 5.74) is 7.72. The number of amides is 1. The number of hydrogen-bond donors (Lipinski definition) is 2. The first-order chi connectivity index (χ1) is 16.4. The first-order valence-electron chi connectivity index (χ1n) is 11.1. The van der Waals surface area contributed by atoms with Crippen molar-refractivity contribution >= 4 is 21.7 Å². The van der Waals surface area contributed by atoms with Crippen molar-refractivity contribution in [2.45, 2.75) is 37.2 Å². The van der Waals surface area contributed by atoms with Crippen LogP contribution in [-0.2, 0) is 16.4 Å². The molecule has 1 aliphatic rings. The van der Waals surface area contributed by atoms with Gasteiger partial charge in [0.1, 0.15) is 17.5 Å². The fourth-order valence-corrected chi connectivity index (χ4v) is 5.33. The second-order valence-corrected chi connectivity index (χ2v) is 9.88. The first-order valence-corrected chi connectivity index (χ1v) is 12.6. The summed E-state index contributed by atoms with van der Waals surface area (Å²) < 4.78 is 33.7. The Kier molecular flexibility index (Phi) is 7.00. The lowest BCUT2D eigenvalue weighted by atomic mass is 10.1. The van der Waals surface area contributed by atoms with Gasteiger partial charge in [-0.2, -0.15) is 14.7 Å². The monoisotopic (exact) mass is 482 g/mol. The number of carbonyl (C=O) groups is 1. The third kappa shape index (κ3) is 4.83. The van der Waals surface area contributed by atoms with Gasteiger partial charge in [-0.3, -0.25) is 4.79 Å². The predicted octanol–water partition coefficient (Wildman–Crippen LogP) is 2.46. The molecular weight excluding hydrogens is 456 g/mol. The van der Waals surface area contributed by atoms with Crippen molar-refractivity contribution in [2.24, 2.45) is 0 Å². The smallest absolute Gasteiger partial charge is 0.287 e. The Morgan fingerprint density at radius 3 is 2.59 bits per heavy atom. The summed E-state index contributed by atoms with van der Waals surface area (Å²) in [7, 11) is -3.73. The van der Waals surface area contributed by atoms with E-state index in [1.165, 1.54) is 21.1 Å². The lowest BCUT2D eigenvalue weighted by Crippen LogP contribution is -2.35. The van der Waals surface area contributed by atoms with Crippen LogP contribution in [0.5, 0.6) is 0 Å². The maximum absolute atomic E-state index is 12.7. The minimum Gasteiger partial charge on any atom is -0.438 e. The van der Waals surface area contributed by atoms with Crippen molar-refractivity contribution in [3.63, 3.8) is 0 Å². The number of sulfonamides is 1. The Labute approximate surface area is 198 Å². The number of nitriles is 1. The van der Waals surface area contributed by atoms with E-state index < -0.39 is 15.9 Å². The number of piperidine rings is 1. The number of hydrogen-bond acceptors (Lipinski definition) is 7. The maximum Gasteiger partial charge on any atom is 0.287 e. The summed E-state index contributed by atoms with van der Waals surface area (Å²) in [6, 6.07) is 14.1. The molecule has 1 aromatic carbocycles. The van der Waals surface area contributed by atoms with Gasteiger partial charge in [-0.1, -0.05) is 24.6 Å². The second-order valence-electron chi connectivity index (χ2n) is 8.01. The molecule has 11 heteroatoms. The number of rotatable bonds is 8. The van der Waals surface area contributed by atoms with E-state index in [1.807, 2.05) is 30.3 Å². The van der Waals surface area contributed by atoms with Crippen LogP contribution in [0.25, 0.3) is 5.69 Å². The van der Waals surface area contributed by atoms with Crippen molar-refractivity contribution in [3.8, 4) is 11.8 Å². The summed E-state index contributed by atoms with van der Waals surface area (Å²) in [5.74, 6) is -0.299. The van der Waals surface area contributed by atoms with Gasteiger partial charge in [0.2, 0.25) is 5.09 Å². The molecule has 0 radical (unpaired) electrons. The molecule has 2 aromatic heterocycles. The summed E-state index contributed by atoms with van der Waals surface area (Å²) in [6.45, 7) is 1.20. The standard InChI is InChI=1S/C23H26N6O4S/c24-16-18-19(27-29(22(18)25)17-8-3-1-4-9-17)10-7-13-26-23(30)20-11-12-21(33-20)34(31,32)28-14-5-2-6-15-28/h1,3-4,8-9,11-12H,2,5-7,10,13-15,25H2,(H,26,30). The number of nitrogens with one attached hydrogen (secondary N) is 1. The van der Waals surface area contributed by atoms with Crippen LogP contribution in [0.2, 0.25) is 0 Å². The van der Waals surface area contributed by atoms with Crippen molar-refractivity contribution in [1.29, 1.82) is 5.26 Å². The number of carbonyl (C=O) groups excluding carboxylic acids is 1. The van der Waals surface area contributed by atoms with Crippen LogP contribution in [-0.4, -0.2) is 48.0 Å². The molecule has 34 heavy (non-hydrogen) atoms. The van der Waals surface area contributed by atoms with Gasteiger partial charge in [0.15, 0.2) is 5.76 Å². The van der Waals surface area contributed by atoms with Gasteiger partial charge in [0, 0.05) is 19.6 Å². The highest BCUT2D eigenvalue weighted by Gasteiger charge is 2.29. The van der Waals surface area contributed by atoms with Gasteiger partial charge in [-0.15, -0.1) is 0 Å². The van der Waals surface area contributed by atoms with E-state index >= 15 is 0 Å². The lowest BCUT2D eigenvalue weighted by Gasteiger charge is -2.24. The van der Waals surface area contributed by atoms with E-state index in [0.717, 1.165) is 24.9 Å². The predicted molar refractivity (Wildman–Crippen MR) is 125 cm³/mol. The fourth-order valence-electron chi connectivity index (χ4n) is 3.90. The van der Waals surface area contributed by atoms with Gasteiger partial charge in [-0.05, 0) is 49.9 Å². The number of nitrogens with two attached hydrogens (primary N) is 1. The van der Waals surface area contributed by atoms with Crippen LogP contribution in [0, 0.1) is 11.3 Å². The molecule has 1 aliphatic heterocycles. The fraction of sp³-hybridized carbons (Fsp3) is 0.348. The van der Waals surface area contributed by atoms with Gasteiger partial charge in [0.25, 0.3) is 15.9 Å². The van der Waals surface area contributed by atoms with E-state index in [1.54, 1.807) is 0 Å². The van der Waals surface area contributed by atoms with Gasteiger partial charge in [-0.25, -0.2) is 13.1 Å². The number of benzene rings is 1. The molecule has 0 bridgehead atoms. The quantitative estimate of drug-likeness (QED) is 0.469. The number of nitrogen functional groups attached to an aromatic ring is 1. The average Bonchev–Trinajstić information content (AvgIpc) is 3.48. The van der Waals surface area contributed by atoms with Crippen LogP contribution >= 0.6 is 0 Å². The maximum atomic E-state index is 12.7. The van der Waals surface area contributed by atoms with Crippen LogP contribution in [0.15, 0.2) is 52.0 Å². The molecule has 4 rings (SSSR count). The highest BCUT2D eigenvalue weighted by molar-refractivity contribution is 7.89. The van der Waals surface area contributed by atoms with E-state index in [9.17, 15) is 18.5 Å². The van der Waals surface area contributed by atoms with Crippen LogP contribution in [0.3, 0.4) is 0 Å². The minimum absolute atomic E-state index is 0.0640. The summed E-state index contributed by atoms with van der Waals surface area (Å²) >= 11 is 0. The van der Waals surface area contributed by atoms with E-state index in [2.05, 4.69) is 16.5 Å². The molecular formula is C23H26N6O4S. The normalized spacial score (nSPS) is 14.6. The van der Waals surface area contributed by atoms with Crippen LogP contribution in [0.1, 0.15) is 47.5 Å². The summed E-state index contributed by atoms with van der Waals surface area (Å²) in [5, 5.41) is 16.5. The molecule has 3 aromatic rings. The molecule has 1 fully saturated rings. The molecule has 0 spiro atoms. The molecule has 1 saturated heterocycles. The molecule has 1 amide bonds. The highest BCUT2D eigenvalue weighted by atomic mass is 32.2. The number of aromatic nitrogens is 2.